The van der Waals surface area contributed by atoms with Crippen molar-refractivity contribution in [2.75, 3.05) is 6.61 Å². The highest BCUT2D eigenvalue weighted by Gasteiger charge is 1.94. The lowest BCUT2D eigenvalue weighted by Crippen LogP contribution is -2.16. The molecule has 48 valence electrons. The van der Waals surface area contributed by atoms with Crippen LogP contribution in [0.2, 0.25) is 0 Å². The van der Waals surface area contributed by atoms with E-state index in [0.29, 0.717) is 6.61 Å². The maximum atomic E-state index is 10.1. The summed E-state index contributed by atoms with van der Waals surface area (Å²) in [6, 6.07) is 0. The number of hydrogen-bond donors (Lipinski definition) is 2. The second-order valence-corrected chi connectivity index (χ2v) is 1.30. The molecule has 0 atom stereocenters. The van der Waals surface area contributed by atoms with Gasteiger partial charge in [-0.1, -0.05) is 0 Å². The van der Waals surface area contributed by atoms with Crippen molar-refractivity contribution in [2.45, 2.75) is 6.92 Å². The fourth-order valence-electron chi connectivity index (χ4n) is 0.198. The van der Waals surface area contributed by atoms with Crippen LogP contribution in [0.1, 0.15) is 6.92 Å². The number of rotatable bonds is 2. The third-order valence-corrected chi connectivity index (χ3v) is 0.662. The molecule has 8 heavy (non-hydrogen) atoms. The van der Waals surface area contributed by atoms with Gasteiger partial charge in [0.05, 0.1) is 6.61 Å². The highest BCUT2D eigenvalue weighted by Crippen LogP contribution is 1.83. The summed E-state index contributed by atoms with van der Waals surface area (Å²) in [5.74, 6) is 0. The van der Waals surface area contributed by atoms with Gasteiger partial charge >= 0.3 is 6.09 Å². The Hall–Kier alpha value is -0.420. The molecule has 0 aliphatic rings. The lowest BCUT2D eigenvalue weighted by Gasteiger charge is -1.97. The SMILES string of the molecule is CCOC(=O)NSO. The van der Waals surface area contributed by atoms with Gasteiger partial charge < -0.3 is 9.29 Å². The average Bonchev–Trinajstić information content (AvgIpc) is 1.68. The Morgan fingerprint density at radius 3 is 3.00 bits per heavy atom. The Kier molecular flexibility index (Phi) is 4.48. The Balaban J connectivity index is 3.06. The molecule has 0 aromatic heterocycles. The summed E-state index contributed by atoms with van der Waals surface area (Å²) >= 11 is 0.225. The molecule has 0 heterocycles. The van der Waals surface area contributed by atoms with Crippen LogP contribution in [0.5, 0.6) is 0 Å². The molecule has 0 saturated carbocycles. The zero-order chi connectivity index (χ0) is 6.41. The third kappa shape index (κ3) is 3.76. The van der Waals surface area contributed by atoms with Crippen molar-refractivity contribution in [3.8, 4) is 0 Å². The zero-order valence-electron chi connectivity index (χ0n) is 4.38. The molecule has 0 aliphatic heterocycles. The molecule has 2 N–H and O–H groups in total. The molecular formula is C3H7NO3S. The van der Waals surface area contributed by atoms with Crippen LogP contribution >= 0.6 is 12.2 Å². The third-order valence-electron chi connectivity index (χ3n) is 0.404. The number of nitrogens with one attached hydrogen (secondary N) is 1. The van der Waals surface area contributed by atoms with E-state index in [1.807, 2.05) is 4.72 Å². The Morgan fingerprint density at radius 2 is 2.62 bits per heavy atom. The molecule has 1 amide bonds. The first-order valence-electron chi connectivity index (χ1n) is 2.04. The maximum Gasteiger partial charge on any atom is 0.418 e. The molecule has 0 rings (SSSR count). The van der Waals surface area contributed by atoms with Crippen molar-refractivity contribution in [2.24, 2.45) is 0 Å². The highest BCUT2D eigenvalue weighted by molar-refractivity contribution is 7.92. The normalized spacial score (nSPS) is 8.25. The fraction of sp³-hybridized carbons (Fsp3) is 0.667. The number of carbonyl (C=O) groups is 1. The number of carbonyl (C=O) groups excluding carboxylic acids is 1. The van der Waals surface area contributed by atoms with E-state index in [0.717, 1.165) is 0 Å². The van der Waals surface area contributed by atoms with Gasteiger partial charge in [-0.2, -0.15) is 0 Å². The first kappa shape index (κ1) is 7.58. The number of hydrogen-bond acceptors (Lipinski definition) is 4. The minimum Gasteiger partial charge on any atom is -0.449 e. The molecule has 0 saturated heterocycles. The van der Waals surface area contributed by atoms with Crippen molar-refractivity contribution >= 4 is 18.3 Å². The van der Waals surface area contributed by atoms with Crippen LogP contribution in [0.4, 0.5) is 4.79 Å². The number of amides is 1. The standard InChI is InChI=1S/C3H7NO3S/c1-2-7-3(5)4-8-6/h6H,2H2,1H3,(H,4,5). The van der Waals surface area contributed by atoms with Crippen LogP contribution in [0.25, 0.3) is 0 Å². The van der Waals surface area contributed by atoms with E-state index in [1.165, 1.54) is 0 Å². The predicted molar refractivity (Wildman–Crippen MR) is 30.4 cm³/mol. The van der Waals surface area contributed by atoms with Gasteiger partial charge in [0.1, 0.15) is 12.2 Å². The molecule has 0 fully saturated rings. The summed E-state index contributed by atoms with van der Waals surface area (Å²) in [5.41, 5.74) is 0. The second kappa shape index (κ2) is 4.73. The molecule has 5 heteroatoms. The summed E-state index contributed by atoms with van der Waals surface area (Å²) in [6.45, 7) is 1.99. The summed E-state index contributed by atoms with van der Waals surface area (Å²) in [7, 11) is 0. The van der Waals surface area contributed by atoms with Gasteiger partial charge in [-0.3, -0.25) is 0 Å². The summed E-state index contributed by atoms with van der Waals surface area (Å²) in [5, 5.41) is 0. The van der Waals surface area contributed by atoms with Gasteiger partial charge in [-0.15, -0.1) is 0 Å². The topological polar surface area (TPSA) is 58.6 Å². The second-order valence-electron chi connectivity index (χ2n) is 0.914. The highest BCUT2D eigenvalue weighted by atomic mass is 32.2. The Bertz CT molecular complexity index is 68.9. The van der Waals surface area contributed by atoms with Gasteiger partial charge in [0.25, 0.3) is 0 Å². The van der Waals surface area contributed by atoms with Crippen molar-refractivity contribution < 1.29 is 14.1 Å². The van der Waals surface area contributed by atoms with Crippen molar-refractivity contribution in [3.05, 3.63) is 0 Å². The lowest BCUT2D eigenvalue weighted by molar-refractivity contribution is 0.159. The van der Waals surface area contributed by atoms with Crippen LogP contribution < -0.4 is 4.72 Å². The first-order chi connectivity index (χ1) is 3.81. The molecule has 0 radical (unpaired) electrons. The minimum atomic E-state index is -0.625. The summed E-state index contributed by atoms with van der Waals surface area (Å²) in [4.78, 5) is 10.1. The van der Waals surface area contributed by atoms with Gasteiger partial charge in [0.2, 0.25) is 0 Å². The van der Waals surface area contributed by atoms with Crippen molar-refractivity contribution in [3.63, 3.8) is 0 Å². The monoisotopic (exact) mass is 137 g/mol. The van der Waals surface area contributed by atoms with Crippen LogP contribution in [0, 0.1) is 0 Å². The largest absolute Gasteiger partial charge is 0.449 e. The van der Waals surface area contributed by atoms with Gasteiger partial charge in [0, 0.05) is 0 Å². The van der Waals surface area contributed by atoms with Gasteiger partial charge in [0.15, 0.2) is 0 Å². The lowest BCUT2D eigenvalue weighted by atomic mass is 10.9. The average molecular weight is 137 g/mol. The van der Waals surface area contributed by atoms with E-state index in [2.05, 4.69) is 4.74 Å². The van der Waals surface area contributed by atoms with Crippen LogP contribution in [0.3, 0.4) is 0 Å². The smallest absolute Gasteiger partial charge is 0.418 e. The molecule has 0 aromatic rings. The first-order valence-corrected chi connectivity index (χ1v) is 2.81. The molecule has 0 spiro atoms. The quantitative estimate of drug-likeness (QED) is 0.437. The van der Waals surface area contributed by atoms with Crippen molar-refractivity contribution in [1.29, 1.82) is 0 Å². The summed E-state index contributed by atoms with van der Waals surface area (Å²) in [6.07, 6.45) is -0.625. The molecular weight excluding hydrogens is 130 g/mol. The van der Waals surface area contributed by atoms with Crippen LogP contribution in [-0.2, 0) is 4.74 Å². The maximum absolute atomic E-state index is 10.1. The van der Waals surface area contributed by atoms with Crippen LogP contribution in [-0.4, -0.2) is 17.3 Å². The van der Waals surface area contributed by atoms with Gasteiger partial charge in [-0.05, 0) is 6.92 Å². The van der Waals surface area contributed by atoms with Gasteiger partial charge in [-0.25, -0.2) is 9.52 Å². The zero-order valence-corrected chi connectivity index (χ0v) is 5.20. The summed E-state index contributed by atoms with van der Waals surface area (Å²) < 4.78 is 14.3. The fourth-order valence-corrected chi connectivity index (χ4v) is 0.331. The molecule has 0 aliphatic carbocycles. The van der Waals surface area contributed by atoms with E-state index in [1.54, 1.807) is 6.92 Å². The molecule has 0 bridgehead atoms. The Morgan fingerprint density at radius 1 is 2.00 bits per heavy atom. The Labute approximate surface area is 51.6 Å². The van der Waals surface area contributed by atoms with E-state index in [4.69, 9.17) is 4.55 Å². The molecule has 4 nitrogen and oxygen atoms in total. The number of ether oxygens (including phenoxy) is 1. The van der Waals surface area contributed by atoms with E-state index in [-0.39, 0.29) is 12.2 Å². The molecule has 0 unspecified atom stereocenters. The van der Waals surface area contributed by atoms with E-state index >= 15 is 0 Å². The van der Waals surface area contributed by atoms with Crippen LogP contribution in [0.15, 0.2) is 0 Å². The molecule has 0 aromatic carbocycles. The van der Waals surface area contributed by atoms with E-state index in [9.17, 15) is 4.79 Å². The predicted octanol–water partition coefficient (Wildman–Crippen LogP) is 0.854. The van der Waals surface area contributed by atoms with Crippen molar-refractivity contribution in [1.82, 2.24) is 4.72 Å². The van der Waals surface area contributed by atoms with E-state index < -0.39 is 6.09 Å². The minimum absolute atomic E-state index is 0.225.